The molecule has 1 saturated heterocycles. The summed E-state index contributed by atoms with van der Waals surface area (Å²) >= 11 is 1.92. The second-order valence-electron chi connectivity index (χ2n) is 4.19. The summed E-state index contributed by atoms with van der Waals surface area (Å²) in [4.78, 5) is 6.90. The van der Waals surface area contributed by atoms with Crippen molar-refractivity contribution in [2.45, 2.75) is 31.1 Å². The Morgan fingerprint density at radius 3 is 3.07 bits per heavy atom. The Kier molecular flexibility index (Phi) is 3.34. The fraction of sp³-hybridized carbons (Fsp3) is 0.900. The van der Waals surface area contributed by atoms with E-state index in [-0.39, 0.29) is 0 Å². The number of amidine groups is 1. The first-order chi connectivity index (χ1) is 6.78. The highest BCUT2D eigenvalue weighted by molar-refractivity contribution is 8.14. The first kappa shape index (κ1) is 10.3. The largest absolute Gasteiger partial charge is 0.361 e. The number of thioether (sulfide) groups is 1. The number of likely N-dealkylation sites (N-methyl/N-ethyl adjacent to an activating group) is 1. The van der Waals surface area contributed by atoms with E-state index in [2.05, 4.69) is 29.2 Å². The molecule has 80 valence electrons. The molecule has 0 aromatic rings. The van der Waals surface area contributed by atoms with E-state index >= 15 is 0 Å². The topological polar surface area (TPSA) is 27.6 Å². The van der Waals surface area contributed by atoms with E-state index in [4.69, 9.17) is 0 Å². The van der Waals surface area contributed by atoms with Crippen LogP contribution in [0.25, 0.3) is 0 Å². The fourth-order valence-corrected chi connectivity index (χ4v) is 2.95. The molecule has 0 spiro atoms. The molecule has 0 aromatic carbocycles. The van der Waals surface area contributed by atoms with Crippen molar-refractivity contribution in [1.29, 1.82) is 0 Å². The number of rotatable bonds is 2. The van der Waals surface area contributed by atoms with Crippen LogP contribution in [-0.4, -0.2) is 48.0 Å². The van der Waals surface area contributed by atoms with Crippen molar-refractivity contribution in [3.05, 3.63) is 0 Å². The third kappa shape index (κ3) is 2.42. The highest BCUT2D eigenvalue weighted by Crippen LogP contribution is 2.23. The molecule has 0 radical (unpaired) electrons. The van der Waals surface area contributed by atoms with E-state index in [0.29, 0.717) is 6.04 Å². The van der Waals surface area contributed by atoms with Crippen LogP contribution in [0.3, 0.4) is 0 Å². The zero-order valence-corrected chi connectivity index (χ0v) is 9.81. The van der Waals surface area contributed by atoms with Gasteiger partial charge < -0.3 is 10.2 Å². The molecule has 4 heteroatoms. The maximum Gasteiger partial charge on any atom is 0.157 e. The average molecular weight is 213 g/mol. The Hall–Kier alpha value is -0.220. The molecule has 1 fully saturated rings. The summed E-state index contributed by atoms with van der Waals surface area (Å²) in [6.07, 6.45) is 2.48. The van der Waals surface area contributed by atoms with Gasteiger partial charge in [-0.3, -0.25) is 4.99 Å². The van der Waals surface area contributed by atoms with Crippen molar-refractivity contribution in [1.82, 2.24) is 10.2 Å². The Morgan fingerprint density at radius 1 is 1.64 bits per heavy atom. The van der Waals surface area contributed by atoms with Crippen molar-refractivity contribution in [2.75, 3.05) is 26.7 Å². The minimum atomic E-state index is 0.627. The highest BCUT2D eigenvalue weighted by atomic mass is 32.2. The highest BCUT2D eigenvalue weighted by Gasteiger charge is 2.24. The smallest absolute Gasteiger partial charge is 0.157 e. The third-order valence-electron chi connectivity index (χ3n) is 2.89. The van der Waals surface area contributed by atoms with Gasteiger partial charge in [-0.15, -0.1) is 0 Å². The summed E-state index contributed by atoms with van der Waals surface area (Å²) in [7, 11) is 2.18. The quantitative estimate of drug-likeness (QED) is 0.746. The van der Waals surface area contributed by atoms with E-state index < -0.39 is 0 Å². The molecular formula is C10H19N3S. The van der Waals surface area contributed by atoms with Crippen molar-refractivity contribution in [3.63, 3.8) is 0 Å². The monoisotopic (exact) mass is 213 g/mol. The number of hydrogen-bond acceptors (Lipinski definition) is 4. The summed E-state index contributed by atoms with van der Waals surface area (Å²) in [6, 6.07) is 0.627. The Morgan fingerprint density at radius 2 is 2.50 bits per heavy atom. The maximum absolute atomic E-state index is 4.53. The summed E-state index contributed by atoms with van der Waals surface area (Å²) in [5.74, 6) is 0. The maximum atomic E-state index is 4.53. The summed E-state index contributed by atoms with van der Waals surface area (Å²) in [6.45, 7) is 5.62. The number of nitrogens with one attached hydrogen (secondary N) is 1. The SMILES string of the molecule is CCC1CN=C(NC2CCN(C)C2)S1. The minimum Gasteiger partial charge on any atom is -0.361 e. The lowest BCUT2D eigenvalue weighted by molar-refractivity contribution is 0.407. The number of nitrogens with zero attached hydrogens (tertiary/aromatic N) is 2. The van der Waals surface area contributed by atoms with E-state index in [9.17, 15) is 0 Å². The van der Waals surface area contributed by atoms with Crippen LogP contribution in [0.4, 0.5) is 0 Å². The van der Waals surface area contributed by atoms with Crippen molar-refractivity contribution in [3.8, 4) is 0 Å². The van der Waals surface area contributed by atoms with Gasteiger partial charge >= 0.3 is 0 Å². The first-order valence-corrected chi connectivity index (χ1v) is 6.32. The molecule has 0 aromatic heterocycles. The van der Waals surface area contributed by atoms with E-state index in [0.717, 1.165) is 18.3 Å². The van der Waals surface area contributed by atoms with Gasteiger partial charge in [-0.2, -0.15) is 0 Å². The standard InChI is InChI=1S/C10H19N3S/c1-3-9-6-11-10(14-9)12-8-4-5-13(2)7-8/h8-9H,3-7H2,1-2H3,(H,11,12). The number of aliphatic imine (C=N–C) groups is 1. The normalized spacial score (nSPS) is 33.4. The molecule has 3 nitrogen and oxygen atoms in total. The molecule has 2 atom stereocenters. The van der Waals surface area contributed by atoms with Crippen LogP contribution < -0.4 is 5.32 Å². The van der Waals surface area contributed by atoms with Crippen molar-refractivity contribution < 1.29 is 0 Å². The summed E-state index contributed by atoms with van der Waals surface area (Å²) < 4.78 is 0. The molecule has 14 heavy (non-hydrogen) atoms. The molecule has 0 saturated carbocycles. The van der Waals surface area contributed by atoms with Gasteiger partial charge in [-0.25, -0.2) is 0 Å². The minimum absolute atomic E-state index is 0.627. The molecular weight excluding hydrogens is 194 g/mol. The summed E-state index contributed by atoms with van der Waals surface area (Å²) in [5.41, 5.74) is 0. The Labute approximate surface area is 90.3 Å². The van der Waals surface area contributed by atoms with E-state index in [1.807, 2.05) is 11.8 Å². The van der Waals surface area contributed by atoms with Crippen LogP contribution in [-0.2, 0) is 0 Å². The molecule has 0 bridgehead atoms. The van der Waals surface area contributed by atoms with E-state index in [1.165, 1.54) is 24.6 Å². The molecule has 2 unspecified atom stereocenters. The first-order valence-electron chi connectivity index (χ1n) is 5.44. The van der Waals surface area contributed by atoms with Crippen LogP contribution in [0, 0.1) is 0 Å². The average Bonchev–Trinajstić information content (AvgIpc) is 2.76. The zero-order chi connectivity index (χ0) is 9.97. The fourth-order valence-electron chi connectivity index (χ4n) is 1.94. The number of hydrogen-bond donors (Lipinski definition) is 1. The lowest BCUT2D eigenvalue weighted by Gasteiger charge is -2.13. The van der Waals surface area contributed by atoms with Crippen LogP contribution in [0.2, 0.25) is 0 Å². The van der Waals surface area contributed by atoms with Crippen LogP contribution >= 0.6 is 11.8 Å². The number of likely N-dealkylation sites (tertiary alicyclic amines) is 1. The van der Waals surface area contributed by atoms with E-state index in [1.54, 1.807) is 0 Å². The lowest BCUT2D eigenvalue weighted by atomic mass is 10.3. The predicted molar refractivity (Wildman–Crippen MR) is 63.0 cm³/mol. The van der Waals surface area contributed by atoms with Crippen molar-refractivity contribution >= 4 is 16.9 Å². The molecule has 2 heterocycles. The predicted octanol–water partition coefficient (Wildman–Crippen LogP) is 1.16. The molecule has 0 amide bonds. The van der Waals surface area contributed by atoms with Crippen molar-refractivity contribution in [2.24, 2.45) is 4.99 Å². The molecule has 0 aliphatic carbocycles. The second kappa shape index (κ2) is 4.53. The zero-order valence-electron chi connectivity index (χ0n) is 8.99. The molecule has 2 rings (SSSR count). The van der Waals surface area contributed by atoms with Gasteiger partial charge in [0.15, 0.2) is 5.17 Å². The lowest BCUT2D eigenvalue weighted by Crippen LogP contribution is -2.34. The van der Waals surface area contributed by atoms with Gasteiger partial charge in [0.1, 0.15) is 0 Å². The van der Waals surface area contributed by atoms with Crippen LogP contribution in [0.1, 0.15) is 19.8 Å². The van der Waals surface area contributed by atoms with Gasteiger partial charge in [0.25, 0.3) is 0 Å². The molecule has 2 aliphatic heterocycles. The van der Waals surface area contributed by atoms with Crippen LogP contribution in [0.5, 0.6) is 0 Å². The van der Waals surface area contributed by atoms with Gasteiger partial charge in [0, 0.05) is 17.8 Å². The Balaban J connectivity index is 1.76. The summed E-state index contributed by atoms with van der Waals surface area (Å²) in [5, 5.41) is 5.44. The molecule has 1 N–H and O–H groups in total. The van der Waals surface area contributed by atoms with Gasteiger partial charge in [-0.05, 0) is 26.4 Å². The Bertz CT molecular complexity index is 229. The molecule has 2 aliphatic rings. The third-order valence-corrected chi connectivity index (χ3v) is 4.18. The second-order valence-corrected chi connectivity index (χ2v) is 5.48. The van der Waals surface area contributed by atoms with Crippen LogP contribution in [0.15, 0.2) is 4.99 Å². The van der Waals surface area contributed by atoms with Gasteiger partial charge in [0.05, 0.1) is 6.54 Å². The van der Waals surface area contributed by atoms with Gasteiger partial charge in [-0.1, -0.05) is 18.7 Å². The van der Waals surface area contributed by atoms with Gasteiger partial charge in [0.2, 0.25) is 0 Å².